The van der Waals surface area contributed by atoms with Crippen LogP contribution in [0.4, 0.5) is 5.82 Å². The van der Waals surface area contributed by atoms with E-state index in [-0.39, 0.29) is 5.91 Å². The van der Waals surface area contributed by atoms with Gasteiger partial charge in [-0.2, -0.15) is 0 Å². The van der Waals surface area contributed by atoms with E-state index in [1.165, 1.54) is 0 Å². The molecule has 8 nitrogen and oxygen atoms in total. The van der Waals surface area contributed by atoms with Crippen LogP contribution in [0.15, 0.2) is 91.4 Å². The summed E-state index contributed by atoms with van der Waals surface area (Å²) < 4.78 is 12.9. The summed E-state index contributed by atoms with van der Waals surface area (Å²) in [5, 5.41) is 0.990. The number of hydrogen-bond donors (Lipinski definition) is 0. The van der Waals surface area contributed by atoms with E-state index in [0.717, 1.165) is 39.4 Å². The second kappa shape index (κ2) is 10.5. The van der Waals surface area contributed by atoms with Gasteiger partial charge in [-0.15, -0.1) is 0 Å². The van der Waals surface area contributed by atoms with Gasteiger partial charge in [0.2, 0.25) is 0 Å². The Morgan fingerprint density at radius 1 is 0.795 bits per heavy atom. The molecule has 1 fully saturated rings. The van der Waals surface area contributed by atoms with Crippen LogP contribution in [0.2, 0.25) is 0 Å². The second-order valence-corrected chi connectivity index (χ2v) is 9.35. The summed E-state index contributed by atoms with van der Waals surface area (Å²) in [7, 11) is 3.25. The smallest absolute Gasteiger partial charge is 0.257 e. The van der Waals surface area contributed by atoms with Crippen LogP contribution in [0.5, 0.6) is 11.5 Å². The number of anilines is 1. The Morgan fingerprint density at radius 3 is 2.23 bits per heavy atom. The number of carbonyl (C=O) groups is 1. The molecular formula is C31H29N5O3. The van der Waals surface area contributed by atoms with Crippen LogP contribution < -0.4 is 14.4 Å². The maximum Gasteiger partial charge on any atom is 0.257 e. The van der Waals surface area contributed by atoms with E-state index in [1.807, 2.05) is 71.6 Å². The number of piperazine rings is 1. The van der Waals surface area contributed by atoms with Crippen molar-refractivity contribution in [1.29, 1.82) is 0 Å². The molecule has 0 atom stereocenters. The van der Waals surface area contributed by atoms with Crippen LogP contribution in [0.1, 0.15) is 10.4 Å². The summed E-state index contributed by atoms with van der Waals surface area (Å²) in [5.41, 5.74) is 4.55. The molecule has 8 heteroatoms. The van der Waals surface area contributed by atoms with Crippen molar-refractivity contribution in [2.24, 2.45) is 0 Å². The molecule has 1 saturated heterocycles. The van der Waals surface area contributed by atoms with E-state index in [1.54, 1.807) is 20.5 Å². The number of fused-ring (bicyclic) bond motifs is 1. The van der Waals surface area contributed by atoms with Crippen molar-refractivity contribution >= 4 is 22.8 Å². The van der Waals surface area contributed by atoms with E-state index in [0.29, 0.717) is 37.5 Å². The Labute approximate surface area is 227 Å². The predicted octanol–water partition coefficient (Wildman–Crippen LogP) is 5.07. The number of aromatic nitrogens is 3. The minimum Gasteiger partial charge on any atom is -0.497 e. The molecule has 5 aromatic rings. The van der Waals surface area contributed by atoms with E-state index in [4.69, 9.17) is 19.4 Å². The van der Waals surface area contributed by atoms with Crippen molar-refractivity contribution in [3.8, 4) is 28.3 Å². The topological polar surface area (TPSA) is 72.7 Å². The molecule has 39 heavy (non-hydrogen) atoms. The van der Waals surface area contributed by atoms with E-state index < -0.39 is 0 Å². The van der Waals surface area contributed by atoms with Crippen LogP contribution in [-0.2, 0) is 0 Å². The fourth-order valence-corrected chi connectivity index (χ4v) is 5.17. The molecule has 1 aliphatic heterocycles. The maximum atomic E-state index is 13.3. The van der Waals surface area contributed by atoms with Gasteiger partial charge in [0.05, 0.1) is 25.2 Å². The Kier molecular flexibility index (Phi) is 6.59. The van der Waals surface area contributed by atoms with Crippen molar-refractivity contribution in [3.05, 3.63) is 97.0 Å². The van der Waals surface area contributed by atoms with Gasteiger partial charge < -0.3 is 23.8 Å². The highest BCUT2D eigenvalue weighted by atomic mass is 16.5. The number of nitrogens with zero attached hydrogens (tertiary/aromatic N) is 5. The average Bonchev–Trinajstić information content (AvgIpc) is 3.41. The largest absolute Gasteiger partial charge is 0.497 e. The van der Waals surface area contributed by atoms with Gasteiger partial charge in [-0.1, -0.05) is 42.5 Å². The lowest BCUT2D eigenvalue weighted by Crippen LogP contribution is -2.49. The van der Waals surface area contributed by atoms with Crippen molar-refractivity contribution in [2.75, 3.05) is 45.3 Å². The summed E-state index contributed by atoms with van der Waals surface area (Å²) >= 11 is 0. The summed E-state index contributed by atoms with van der Waals surface area (Å²) in [4.78, 5) is 26.9. The first kappa shape index (κ1) is 24.5. The Balaban J connectivity index is 1.36. The molecule has 1 amide bonds. The van der Waals surface area contributed by atoms with Crippen LogP contribution in [-0.4, -0.2) is 65.7 Å². The third-order valence-electron chi connectivity index (χ3n) is 7.20. The first-order valence-corrected chi connectivity index (χ1v) is 12.9. The van der Waals surface area contributed by atoms with Crippen LogP contribution in [0, 0.1) is 0 Å². The van der Waals surface area contributed by atoms with E-state index in [2.05, 4.69) is 27.8 Å². The summed E-state index contributed by atoms with van der Waals surface area (Å²) in [6.07, 6.45) is 3.75. The lowest BCUT2D eigenvalue weighted by molar-refractivity contribution is 0.0743. The molecule has 6 rings (SSSR count). The summed E-state index contributed by atoms with van der Waals surface area (Å²) in [5.74, 6) is 2.25. The Bertz CT molecular complexity index is 1610. The average molecular weight is 520 g/mol. The number of benzene rings is 3. The fraction of sp³-hybridized carbons (Fsp3) is 0.194. The van der Waals surface area contributed by atoms with Gasteiger partial charge >= 0.3 is 0 Å². The number of hydrogen-bond acceptors (Lipinski definition) is 6. The third kappa shape index (κ3) is 4.54. The predicted molar refractivity (Wildman–Crippen MR) is 152 cm³/mol. The number of carbonyl (C=O) groups excluding carboxylic acids is 1. The molecule has 3 aromatic carbocycles. The zero-order chi connectivity index (χ0) is 26.8. The van der Waals surface area contributed by atoms with Crippen LogP contribution in [0.3, 0.4) is 0 Å². The Morgan fingerprint density at radius 2 is 1.51 bits per heavy atom. The molecule has 0 N–H and O–H groups in total. The third-order valence-corrected chi connectivity index (χ3v) is 7.20. The summed E-state index contributed by atoms with van der Waals surface area (Å²) in [6, 6.07) is 25.6. The van der Waals surface area contributed by atoms with E-state index in [9.17, 15) is 4.79 Å². The highest BCUT2D eigenvalue weighted by Crippen LogP contribution is 2.37. The van der Waals surface area contributed by atoms with Gasteiger partial charge in [0.25, 0.3) is 5.91 Å². The SMILES string of the molecule is COc1ccc(-n2cc(-c3ccccc3)c3c(N4CCN(C(=O)c5ccccc5OC)CC4)ncnc32)cc1. The highest BCUT2D eigenvalue weighted by Gasteiger charge is 2.27. The van der Waals surface area contributed by atoms with Crippen molar-refractivity contribution in [3.63, 3.8) is 0 Å². The minimum atomic E-state index is -0.0180. The number of ether oxygens (including phenoxy) is 2. The molecule has 2 aromatic heterocycles. The lowest BCUT2D eigenvalue weighted by Gasteiger charge is -2.36. The quantitative estimate of drug-likeness (QED) is 0.312. The number of amides is 1. The standard InChI is InChI=1S/C31H29N5O3/c1-38-24-14-12-23(13-15-24)36-20-26(22-8-4-3-5-9-22)28-29(32-21-33-30(28)36)34-16-18-35(19-17-34)31(37)25-10-6-7-11-27(25)39-2/h3-15,20-21H,16-19H2,1-2H3. The molecule has 196 valence electrons. The van der Waals surface area contributed by atoms with Gasteiger partial charge in [0.1, 0.15) is 23.6 Å². The molecule has 3 heterocycles. The Hall–Kier alpha value is -4.85. The van der Waals surface area contributed by atoms with Crippen LogP contribution in [0.25, 0.3) is 27.8 Å². The number of rotatable bonds is 6. The minimum absolute atomic E-state index is 0.0180. The van der Waals surface area contributed by atoms with Gasteiger partial charge in [0, 0.05) is 43.6 Å². The molecule has 0 aliphatic carbocycles. The monoisotopic (exact) mass is 519 g/mol. The first-order chi connectivity index (χ1) is 19.2. The van der Waals surface area contributed by atoms with Crippen molar-refractivity contribution < 1.29 is 14.3 Å². The molecule has 0 spiro atoms. The van der Waals surface area contributed by atoms with Crippen LogP contribution >= 0.6 is 0 Å². The maximum absolute atomic E-state index is 13.3. The normalized spacial score (nSPS) is 13.5. The number of para-hydroxylation sites is 1. The first-order valence-electron chi connectivity index (χ1n) is 12.9. The molecule has 0 unspecified atom stereocenters. The van der Waals surface area contributed by atoms with E-state index >= 15 is 0 Å². The fourth-order valence-electron chi connectivity index (χ4n) is 5.17. The molecule has 0 saturated carbocycles. The zero-order valence-electron chi connectivity index (χ0n) is 21.9. The second-order valence-electron chi connectivity index (χ2n) is 9.35. The van der Waals surface area contributed by atoms with Gasteiger partial charge in [-0.25, -0.2) is 9.97 Å². The van der Waals surface area contributed by atoms with Crippen molar-refractivity contribution in [2.45, 2.75) is 0 Å². The number of methoxy groups -OCH3 is 2. The van der Waals surface area contributed by atoms with Crippen molar-refractivity contribution in [1.82, 2.24) is 19.4 Å². The summed E-state index contributed by atoms with van der Waals surface area (Å²) in [6.45, 7) is 2.49. The zero-order valence-corrected chi connectivity index (χ0v) is 21.9. The van der Waals surface area contributed by atoms with Gasteiger partial charge in [-0.05, 0) is 42.0 Å². The highest BCUT2D eigenvalue weighted by molar-refractivity contribution is 6.02. The molecule has 1 aliphatic rings. The molecular weight excluding hydrogens is 490 g/mol. The lowest BCUT2D eigenvalue weighted by atomic mass is 10.1. The molecule has 0 radical (unpaired) electrons. The van der Waals surface area contributed by atoms with Gasteiger partial charge in [0.15, 0.2) is 5.65 Å². The van der Waals surface area contributed by atoms with Gasteiger partial charge in [-0.3, -0.25) is 4.79 Å². The molecule has 0 bridgehead atoms.